The number of rotatable bonds is 9. The van der Waals surface area contributed by atoms with E-state index in [2.05, 4.69) is 44.4 Å². The van der Waals surface area contributed by atoms with Crippen LogP contribution in [0, 0.1) is 29.6 Å². The molecule has 6 atom stereocenters. The number of benzene rings is 2. The van der Waals surface area contributed by atoms with Gasteiger partial charge in [0.15, 0.2) is 0 Å². The molecule has 5 heterocycles. The lowest BCUT2D eigenvalue weighted by molar-refractivity contribution is -0.136. The van der Waals surface area contributed by atoms with Crippen LogP contribution < -0.4 is 10.6 Å². The molecule has 3 aliphatic rings. The third-order valence-electron chi connectivity index (χ3n) is 11.7. The number of alkyl carbamates (subject to hydrolysis) is 2. The lowest BCUT2D eigenvalue weighted by atomic mass is 9.96. The largest absolute Gasteiger partial charge is 0.453 e. The predicted molar refractivity (Wildman–Crippen MR) is 220 cm³/mol. The first kappa shape index (κ1) is 41.3. The van der Waals surface area contributed by atoms with Crippen molar-refractivity contribution in [1.82, 2.24) is 40.4 Å². The van der Waals surface area contributed by atoms with Crippen molar-refractivity contribution in [1.29, 1.82) is 0 Å². The number of methoxy groups -OCH3 is 2. The zero-order valence-corrected chi connectivity index (χ0v) is 34.8. The molecule has 4 aromatic rings. The van der Waals surface area contributed by atoms with Gasteiger partial charge in [-0.1, -0.05) is 58.6 Å². The number of ether oxygens (including phenoxy) is 3. The molecule has 0 radical (unpaired) electrons. The Hall–Kier alpha value is -5.88. The van der Waals surface area contributed by atoms with E-state index in [-0.39, 0.29) is 41.7 Å². The number of hydrogen-bond donors (Lipinski definition) is 4. The fourth-order valence-electron chi connectivity index (χ4n) is 8.56. The van der Waals surface area contributed by atoms with Crippen LogP contribution >= 0.6 is 0 Å². The number of likely N-dealkylation sites (tertiary alicyclic amines) is 2. The van der Waals surface area contributed by atoms with Crippen molar-refractivity contribution in [3.8, 4) is 23.1 Å². The Balaban J connectivity index is 1.05. The van der Waals surface area contributed by atoms with Gasteiger partial charge in [-0.2, -0.15) is 0 Å². The van der Waals surface area contributed by atoms with E-state index in [1.165, 1.54) is 14.2 Å². The summed E-state index contributed by atoms with van der Waals surface area (Å²) in [5, 5.41) is 5.43. The molecule has 59 heavy (non-hydrogen) atoms. The van der Waals surface area contributed by atoms with Crippen molar-refractivity contribution in [2.75, 3.05) is 33.9 Å². The van der Waals surface area contributed by atoms with Crippen LogP contribution in [0.3, 0.4) is 0 Å². The highest BCUT2D eigenvalue weighted by molar-refractivity contribution is 5.87. The number of aromatic amines is 2. The molecule has 312 valence electrons. The van der Waals surface area contributed by atoms with Gasteiger partial charge >= 0.3 is 12.2 Å². The van der Waals surface area contributed by atoms with Crippen LogP contribution in [0.5, 0.6) is 0 Å². The first-order valence-corrected chi connectivity index (χ1v) is 20.4. The molecule has 0 unspecified atom stereocenters. The predicted octanol–water partition coefficient (Wildman–Crippen LogP) is 5.85. The highest BCUT2D eigenvalue weighted by Gasteiger charge is 2.51. The molecule has 0 bridgehead atoms. The summed E-state index contributed by atoms with van der Waals surface area (Å²) < 4.78 is 15.8. The third-order valence-corrected chi connectivity index (χ3v) is 11.7. The minimum atomic E-state index is -0.760. The van der Waals surface area contributed by atoms with E-state index in [0.717, 1.165) is 52.7 Å². The second kappa shape index (κ2) is 17.1. The molecule has 3 saturated heterocycles. The smallest absolute Gasteiger partial charge is 0.407 e. The maximum atomic E-state index is 14.0. The lowest BCUT2D eigenvalue weighted by Gasteiger charge is -2.30. The van der Waals surface area contributed by atoms with Gasteiger partial charge in [0.2, 0.25) is 11.8 Å². The summed E-state index contributed by atoms with van der Waals surface area (Å²) in [6, 6.07) is 11.6. The zero-order chi connectivity index (χ0) is 42.0. The average Bonchev–Trinajstić information content (AvgIpc) is 4.08. The highest BCUT2D eigenvalue weighted by atomic mass is 16.5. The van der Waals surface area contributed by atoms with E-state index < -0.39 is 29.9 Å². The van der Waals surface area contributed by atoms with Crippen LogP contribution in [0.4, 0.5) is 9.59 Å². The van der Waals surface area contributed by atoms with E-state index in [9.17, 15) is 19.2 Å². The lowest BCUT2D eigenvalue weighted by Crippen LogP contribution is -2.51. The molecule has 0 aliphatic carbocycles. The molecule has 4 amide bonds. The van der Waals surface area contributed by atoms with E-state index in [0.29, 0.717) is 37.8 Å². The van der Waals surface area contributed by atoms with Crippen molar-refractivity contribution >= 4 is 35.0 Å². The quantitative estimate of drug-likeness (QED) is 0.151. The molecular weight excluding hydrogens is 753 g/mol. The Morgan fingerprint density at radius 2 is 1.51 bits per heavy atom. The van der Waals surface area contributed by atoms with Crippen LogP contribution in [0.15, 0.2) is 48.7 Å². The molecule has 3 fully saturated rings. The molecule has 15 nitrogen and oxygen atoms in total. The van der Waals surface area contributed by atoms with Crippen LogP contribution in [0.2, 0.25) is 0 Å². The maximum absolute atomic E-state index is 14.0. The molecule has 7 rings (SSSR count). The first-order valence-electron chi connectivity index (χ1n) is 20.4. The number of hydrogen-bond acceptors (Lipinski definition) is 9. The van der Waals surface area contributed by atoms with E-state index in [4.69, 9.17) is 19.2 Å². The van der Waals surface area contributed by atoms with Crippen molar-refractivity contribution in [2.24, 2.45) is 17.8 Å². The van der Waals surface area contributed by atoms with Gasteiger partial charge < -0.3 is 44.6 Å². The molecule has 1 spiro atoms. The van der Waals surface area contributed by atoms with Gasteiger partial charge in [0.05, 0.1) is 61.4 Å². The Kier molecular flexibility index (Phi) is 12.0. The minimum Gasteiger partial charge on any atom is -0.453 e. The third kappa shape index (κ3) is 8.78. The number of nitrogens with zero attached hydrogens (tertiary/aromatic N) is 4. The number of H-pyrrole nitrogens is 2. The summed E-state index contributed by atoms with van der Waals surface area (Å²) in [6.45, 7) is 11.3. The number of imidazole rings is 2. The standard InChI is InChI=1S/C44H54N8O7/c1-25(2)36(49-42(55)57-6)40(53)51-23-27(5)19-34(51)38-45-22-33(48-38)30-14-11-28(12-15-30)9-10-29-13-16-31-32(20-29)47-39(46-31)35-21-44(17-8-18-59-44)24-52(35)41(54)37(26(3)4)50-43(56)58-7/h11-16,20,22,25-27,34-37H,8,17-19,21,23-24H2,1-7H3,(H,45,48)(H,46,47)(H,49,55)(H,50,56)/t27-,34+,35+,36+,37+,44+/m1/s1. The summed E-state index contributed by atoms with van der Waals surface area (Å²) in [5.74, 6) is 7.55. The van der Waals surface area contributed by atoms with E-state index >= 15 is 0 Å². The number of carbonyl (C=O) groups is 4. The Morgan fingerprint density at radius 3 is 2.14 bits per heavy atom. The Labute approximate surface area is 344 Å². The fourth-order valence-corrected chi connectivity index (χ4v) is 8.56. The van der Waals surface area contributed by atoms with Crippen molar-refractivity contribution in [3.63, 3.8) is 0 Å². The van der Waals surface area contributed by atoms with Crippen molar-refractivity contribution < 1.29 is 33.4 Å². The molecular formula is C44H54N8O7. The second-order valence-corrected chi connectivity index (χ2v) is 16.7. The number of amides is 4. The van der Waals surface area contributed by atoms with Gasteiger partial charge in [-0.15, -0.1) is 0 Å². The molecule has 2 aromatic carbocycles. The van der Waals surface area contributed by atoms with Crippen LogP contribution in [0.25, 0.3) is 22.3 Å². The zero-order valence-electron chi connectivity index (χ0n) is 34.8. The van der Waals surface area contributed by atoms with Gasteiger partial charge in [0.1, 0.15) is 23.7 Å². The second-order valence-electron chi connectivity index (χ2n) is 16.7. The van der Waals surface area contributed by atoms with Gasteiger partial charge in [-0.3, -0.25) is 9.59 Å². The average molecular weight is 807 g/mol. The van der Waals surface area contributed by atoms with Crippen LogP contribution in [-0.4, -0.2) is 105 Å². The first-order chi connectivity index (χ1) is 28.3. The minimum absolute atomic E-state index is 0.122. The molecule has 4 N–H and O–H groups in total. The number of fused-ring (bicyclic) bond motifs is 1. The normalized spacial score (nSPS) is 22.4. The van der Waals surface area contributed by atoms with Gasteiger partial charge in [0, 0.05) is 30.7 Å². The fraction of sp³-hybridized carbons (Fsp3) is 0.500. The van der Waals surface area contributed by atoms with Crippen molar-refractivity contribution in [2.45, 2.75) is 90.1 Å². The molecule has 15 heteroatoms. The Morgan fingerprint density at radius 1 is 0.864 bits per heavy atom. The summed E-state index contributed by atoms with van der Waals surface area (Å²) in [6.07, 6.45) is 3.65. The highest BCUT2D eigenvalue weighted by Crippen LogP contribution is 2.45. The molecule has 2 aromatic heterocycles. The van der Waals surface area contributed by atoms with Crippen LogP contribution in [0.1, 0.15) is 95.2 Å². The van der Waals surface area contributed by atoms with E-state index in [1.54, 1.807) is 11.1 Å². The monoisotopic (exact) mass is 806 g/mol. The number of aromatic nitrogens is 4. The topological polar surface area (TPSA) is 184 Å². The number of nitrogens with one attached hydrogen (secondary N) is 4. The van der Waals surface area contributed by atoms with E-state index in [1.807, 2.05) is 75.1 Å². The summed E-state index contributed by atoms with van der Waals surface area (Å²) >= 11 is 0. The maximum Gasteiger partial charge on any atom is 0.407 e. The SMILES string of the molecule is COC(=O)N[C@H](C(=O)N1C[C@H](C)C[C@H]1c1ncc(-c2ccc(C#Cc3ccc4nc([C@@H]5C[C@@]6(CCCO6)CN5C(=O)[C@@H](NC(=O)OC)C(C)C)[nH]c4c3)cc2)[nH]1)C(C)C. The molecule has 3 aliphatic heterocycles. The van der Waals surface area contributed by atoms with Gasteiger partial charge in [-0.05, 0) is 72.9 Å². The summed E-state index contributed by atoms with van der Waals surface area (Å²) in [7, 11) is 2.57. The van der Waals surface area contributed by atoms with Crippen LogP contribution in [-0.2, 0) is 23.8 Å². The van der Waals surface area contributed by atoms with Gasteiger partial charge in [-0.25, -0.2) is 19.6 Å². The van der Waals surface area contributed by atoms with Crippen molar-refractivity contribution in [3.05, 3.63) is 71.4 Å². The van der Waals surface area contributed by atoms with Gasteiger partial charge in [0.25, 0.3) is 0 Å². The number of carbonyl (C=O) groups excluding carboxylic acids is 4. The summed E-state index contributed by atoms with van der Waals surface area (Å²) in [5.41, 5.74) is 4.52. The molecule has 0 saturated carbocycles. The Bertz CT molecular complexity index is 2250. The summed E-state index contributed by atoms with van der Waals surface area (Å²) in [4.78, 5) is 72.0.